The van der Waals surface area contributed by atoms with E-state index in [1.165, 1.54) is 7.11 Å². The van der Waals surface area contributed by atoms with Crippen molar-refractivity contribution in [2.75, 3.05) is 33.3 Å². The Morgan fingerprint density at radius 3 is 2.00 bits per heavy atom. The molecule has 0 saturated carbocycles. The summed E-state index contributed by atoms with van der Waals surface area (Å²) in [5.41, 5.74) is 19.1. The van der Waals surface area contributed by atoms with E-state index >= 15 is 0 Å². The topological polar surface area (TPSA) is 208 Å². The van der Waals surface area contributed by atoms with Gasteiger partial charge in [0.1, 0.15) is 0 Å². The van der Waals surface area contributed by atoms with Crippen molar-refractivity contribution in [3.05, 3.63) is 68.8 Å². The second-order valence-corrected chi connectivity index (χ2v) is 15.2. The Morgan fingerprint density at radius 1 is 0.789 bits per heavy atom. The van der Waals surface area contributed by atoms with Gasteiger partial charge in [0.15, 0.2) is 5.78 Å². The van der Waals surface area contributed by atoms with E-state index in [-0.39, 0.29) is 74.5 Å². The summed E-state index contributed by atoms with van der Waals surface area (Å²) in [5.74, 6) is -1.49. The van der Waals surface area contributed by atoms with Crippen LogP contribution in [0.3, 0.4) is 0 Å². The van der Waals surface area contributed by atoms with Gasteiger partial charge in [0.05, 0.1) is 13.5 Å². The summed E-state index contributed by atoms with van der Waals surface area (Å²) >= 11 is 0. The molecule has 2 aliphatic rings. The van der Waals surface area contributed by atoms with E-state index in [4.69, 9.17) is 36.1 Å². The van der Waals surface area contributed by atoms with E-state index in [0.717, 1.165) is 42.6 Å². The van der Waals surface area contributed by atoms with Crippen molar-refractivity contribution in [1.29, 1.82) is 0 Å². The quantitative estimate of drug-likeness (QED) is 0.0621. The number of methoxy groups -OCH3 is 1. The first kappa shape index (κ1) is 45.5. The number of amides is 2. The standard InChI is InChI=1S/C43H60N8O5.Pd/c1-8-28-23(2)31-22-36-39(27(6)52)25(4)33(49-36)20-32-24(3)29(13-14-37(53)46-17-11-9-15-44)41(50-32)30(19-38(54)56-7)42-40(43(55)47-18-12-10-16-45)26(5)34(51-42)21-35(28)48-31;/h20-24,28-29H,8-19,44-45H2,1-7H3,(H4,46,47,48,49,50,51,52,53,55);/q;+2/p-2/t23-,24+,28-,29+;/m1./s1. The van der Waals surface area contributed by atoms with Gasteiger partial charge >= 0.3 is 26.4 Å². The van der Waals surface area contributed by atoms with Gasteiger partial charge in [-0.25, -0.2) is 0 Å². The van der Waals surface area contributed by atoms with Crippen LogP contribution in [0, 0.1) is 13.8 Å². The van der Waals surface area contributed by atoms with Crippen LogP contribution in [0.2, 0.25) is 0 Å². The zero-order valence-corrected chi connectivity index (χ0v) is 35.9. The molecule has 0 spiro atoms. The maximum atomic E-state index is 14.2. The molecule has 0 fully saturated rings. The molecule has 2 amide bonds. The number of aromatic nitrogens is 4. The number of carbonyl (C=O) groups is 4. The van der Waals surface area contributed by atoms with E-state index in [0.29, 0.717) is 94.7 Å². The van der Waals surface area contributed by atoms with Gasteiger partial charge in [-0.05, 0) is 77.9 Å². The van der Waals surface area contributed by atoms with Gasteiger partial charge in [-0.1, -0.05) is 50.1 Å². The summed E-state index contributed by atoms with van der Waals surface area (Å²) in [4.78, 5) is 74.3. The first-order valence-electron chi connectivity index (χ1n) is 20.0. The number of ether oxygens (including phenoxy) is 1. The first-order chi connectivity index (χ1) is 26.8. The van der Waals surface area contributed by atoms with Crippen LogP contribution >= 0.6 is 0 Å². The number of nitrogens with zero attached hydrogens (tertiary/aromatic N) is 4. The van der Waals surface area contributed by atoms with Gasteiger partial charge in [0.2, 0.25) is 11.8 Å². The number of Topliss-reactive ketones (excluding diaryl/α,β-unsaturated/α-hetero) is 1. The molecule has 3 aromatic heterocycles. The Labute approximate surface area is 349 Å². The molecule has 5 rings (SSSR count). The number of nitrogens with two attached hydrogens (primary N) is 2. The molecule has 57 heavy (non-hydrogen) atoms. The number of ketones is 1. The van der Waals surface area contributed by atoms with E-state index in [1.54, 1.807) is 6.92 Å². The van der Waals surface area contributed by atoms with Crippen LogP contribution in [0.1, 0.15) is 156 Å². The van der Waals surface area contributed by atoms with Crippen molar-refractivity contribution in [3.8, 4) is 0 Å². The van der Waals surface area contributed by atoms with E-state index in [9.17, 15) is 19.2 Å². The number of unbranched alkanes of at least 4 members (excludes halogenated alkanes) is 2. The molecule has 2 aliphatic heterocycles. The van der Waals surface area contributed by atoms with Crippen LogP contribution < -0.4 is 32.1 Å². The molecular weight excluding hydrogens is 815 g/mol. The Balaban J connectivity index is 0.00000720. The number of rotatable bonds is 16. The molecule has 0 unspecified atom stereocenters. The minimum absolute atomic E-state index is 0. The fourth-order valence-corrected chi connectivity index (χ4v) is 8.12. The van der Waals surface area contributed by atoms with Crippen molar-refractivity contribution >= 4 is 45.6 Å². The van der Waals surface area contributed by atoms with Crippen LogP contribution in [0.15, 0.2) is 18.2 Å². The monoisotopic (exact) mass is 872 g/mol. The molecule has 5 heterocycles. The summed E-state index contributed by atoms with van der Waals surface area (Å²) < 4.78 is 5.23. The van der Waals surface area contributed by atoms with E-state index in [1.807, 2.05) is 39.0 Å². The third-order valence-corrected chi connectivity index (χ3v) is 11.4. The summed E-state index contributed by atoms with van der Waals surface area (Å²) in [5, 5.41) is 6.06. The van der Waals surface area contributed by atoms with Gasteiger partial charge in [-0.15, -0.1) is 22.1 Å². The number of esters is 1. The second kappa shape index (κ2) is 20.5. The SMILES string of the molecule is CC[C@H]1c2cc3[n-]c(c(CC(=O)OC)c4nc(cc5[n-]c(cc(n2)[C@@H]1C)c(C(C)=O)c5C)[C@@H](C)[C@@H]4CCC(=O)NCCCCN)c(C(=O)NCCCCN)c3C.[Pd+2]. The van der Waals surface area contributed by atoms with E-state index in [2.05, 4.69) is 24.5 Å². The third-order valence-electron chi connectivity index (χ3n) is 11.4. The molecular formula is C43H58N8O5Pd. The summed E-state index contributed by atoms with van der Waals surface area (Å²) in [6.07, 6.45) is 4.30. The number of nitrogens with one attached hydrogen (secondary N) is 2. The Kier molecular flexibility index (Phi) is 16.3. The average molecular weight is 873 g/mol. The number of carbonyl (C=O) groups excluding carboxylic acids is 4. The predicted octanol–water partition coefficient (Wildman–Crippen LogP) is 5.39. The summed E-state index contributed by atoms with van der Waals surface area (Å²) in [6, 6.07) is 5.76. The number of aryl methyl sites for hydroxylation is 2. The van der Waals surface area contributed by atoms with Gasteiger partial charge in [-0.2, -0.15) is 0 Å². The van der Waals surface area contributed by atoms with Crippen molar-refractivity contribution in [2.45, 2.75) is 117 Å². The predicted molar refractivity (Wildman–Crippen MR) is 218 cm³/mol. The molecule has 4 atom stereocenters. The van der Waals surface area contributed by atoms with Crippen LogP contribution in [0.5, 0.6) is 0 Å². The smallest absolute Gasteiger partial charge is 0.657 e. The summed E-state index contributed by atoms with van der Waals surface area (Å²) in [7, 11) is 1.33. The normalized spacial score (nSPS) is 17.5. The number of fused-ring (bicyclic) bond motifs is 8. The Hall–Kier alpha value is -4.22. The van der Waals surface area contributed by atoms with Crippen molar-refractivity contribution < 1.29 is 44.3 Å². The molecule has 0 aliphatic carbocycles. The average Bonchev–Trinajstić information content (AvgIpc) is 3.86. The fourth-order valence-electron chi connectivity index (χ4n) is 8.12. The minimum atomic E-state index is -0.516. The van der Waals surface area contributed by atoms with Crippen LogP contribution in [-0.4, -0.2) is 66.8 Å². The molecule has 310 valence electrons. The molecule has 6 N–H and O–H groups in total. The van der Waals surface area contributed by atoms with Crippen LogP contribution in [-0.2, 0) is 41.2 Å². The number of hydrogen-bond acceptors (Lipinski definition) is 9. The third kappa shape index (κ3) is 10.1. The summed E-state index contributed by atoms with van der Waals surface area (Å²) in [6.45, 7) is 13.6. The first-order valence-corrected chi connectivity index (χ1v) is 20.0. The molecule has 0 saturated heterocycles. The molecule has 8 bridgehead atoms. The molecule has 14 heteroatoms. The Bertz CT molecular complexity index is 2130. The van der Waals surface area contributed by atoms with Crippen molar-refractivity contribution in [2.24, 2.45) is 11.5 Å². The molecule has 0 radical (unpaired) electrons. The van der Waals surface area contributed by atoms with Crippen LogP contribution in [0.25, 0.3) is 22.1 Å². The van der Waals surface area contributed by atoms with Gasteiger partial charge in [0, 0.05) is 77.1 Å². The van der Waals surface area contributed by atoms with Crippen molar-refractivity contribution in [3.63, 3.8) is 0 Å². The molecule has 3 aromatic rings. The second-order valence-electron chi connectivity index (χ2n) is 15.2. The Morgan fingerprint density at radius 2 is 1.37 bits per heavy atom. The van der Waals surface area contributed by atoms with Gasteiger partial charge < -0.3 is 36.8 Å². The maximum absolute atomic E-state index is 14.2. The van der Waals surface area contributed by atoms with Gasteiger partial charge in [-0.3, -0.25) is 29.1 Å². The van der Waals surface area contributed by atoms with Crippen molar-refractivity contribution in [1.82, 2.24) is 30.6 Å². The largest absolute Gasteiger partial charge is 2.00 e. The minimum Gasteiger partial charge on any atom is -0.657 e. The molecule has 0 aromatic carbocycles. The maximum Gasteiger partial charge on any atom is 2.00 e. The zero-order chi connectivity index (χ0) is 40.7. The zero-order valence-electron chi connectivity index (χ0n) is 34.3. The molecule has 13 nitrogen and oxygen atoms in total. The van der Waals surface area contributed by atoms with Gasteiger partial charge in [0.25, 0.3) is 0 Å². The van der Waals surface area contributed by atoms with Crippen LogP contribution in [0.4, 0.5) is 0 Å². The number of hydrogen-bond donors (Lipinski definition) is 4. The van der Waals surface area contributed by atoms with E-state index < -0.39 is 5.97 Å². The fraction of sp³-hybridized carbons (Fsp3) is 0.535.